The van der Waals surface area contributed by atoms with Gasteiger partial charge in [-0.1, -0.05) is 35.9 Å². The third-order valence-electron chi connectivity index (χ3n) is 6.25. The molecule has 4 heterocycles. The molecule has 8 heteroatoms. The molecule has 174 valence electrons. The molecule has 0 radical (unpaired) electrons. The van der Waals surface area contributed by atoms with Crippen LogP contribution in [0.1, 0.15) is 35.6 Å². The standard InChI is InChI=1S/C21H22ClNOS.C4H4O4/c22-16-5-6-20-18(11-16)21(17-4-2-1-3-15(17)13-25-20)24-19-12-23-9-7-14(19)8-10-23;5-3(6)1-2-4(7)8/h1-6,11,14,19,21H,7-10,12-13H2;1-2H,(H,5,6)(H,7,8). The van der Waals surface area contributed by atoms with Crippen LogP contribution < -0.4 is 0 Å². The van der Waals surface area contributed by atoms with Gasteiger partial charge < -0.3 is 19.8 Å². The number of hydrogen-bond acceptors (Lipinski definition) is 5. The molecule has 2 N–H and O–H groups in total. The number of hydrogen-bond donors (Lipinski definition) is 2. The highest BCUT2D eigenvalue weighted by molar-refractivity contribution is 7.98. The van der Waals surface area contributed by atoms with Crippen LogP contribution in [0.25, 0.3) is 0 Å². The maximum atomic E-state index is 9.55. The van der Waals surface area contributed by atoms with Crippen molar-refractivity contribution in [2.45, 2.75) is 35.7 Å². The number of carboxylic acid groups (broad SMARTS) is 2. The second kappa shape index (κ2) is 10.7. The van der Waals surface area contributed by atoms with Gasteiger partial charge in [-0.3, -0.25) is 0 Å². The zero-order chi connectivity index (χ0) is 23.4. The molecule has 0 aliphatic carbocycles. The van der Waals surface area contributed by atoms with Crippen molar-refractivity contribution in [3.05, 3.63) is 76.3 Å². The van der Waals surface area contributed by atoms with Gasteiger partial charge in [0.15, 0.2) is 0 Å². The van der Waals surface area contributed by atoms with Crippen molar-refractivity contribution in [3.63, 3.8) is 0 Å². The molecule has 2 atom stereocenters. The van der Waals surface area contributed by atoms with E-state index in [0.29, 0.717) is 24.2 Å². The predicted molar refractivity (Wildman–Crippen MR) is 128 cm³/mol. The maximum Gasteiger partial charge on any atom is 0.328 e. The van der Waals surface area contributed by atoms with Gasteiger partial charge in [0, 0.05) is 39.9 Å². The van der Waals surface area contributed by atoms with E-state index in [2.05, 4.69) is 41.3 Å². The highest BCUT2D eigenvalue weighted by atomic mass is 35.5. The average Bonchev–Trinajstić information content (AvgIpc) is 2.96. The Labute approximate surface area is 202 Å². The van der Waals surface area contributed by atoms with Crippen molar-refractivity contribution in [1.82, 2.24) is 4.90 Å². The Bertz CT molecular complexity index is 1030. The molecule has 4 aliphatic heterocycles. The zero-order valence-electron chi connectivity index (χ0n) is 18.0. The smallest absolute Gasteiger partial charge is 0.328 e. The lowest BCUT2D eigenvalue weighted by atomic mass is 9.85. The van der Waals surface area contributed by atoms with Crippen LogP contribution in [0, 0.1) is 5.92 Å². The monoisotopic (exact) mass is 487 g/mol. The molecule has 2 aromatic carbocycles. The number of ether oxygens (including phenoxy) is 1. The first-order chi connectivity index (χ1) is 15.9. The quantitative estimate of drug-likeness (QED) is 0.595. The molecule has 0 spiro atoms. The van der Waals surface area contributed by atoms with Crippen LogP contribution in [-0.4, -0.2) is 52.8 Å². The fourth-order valence-corrected chi connectivity index (χ4v) is 5.88. The van der Waals surface area contributed by atoms with Crippen LogP contribution in [0.3, 0.4) is 0 Å². The van der Waals surface area contributed by atoms with Gasteiger partial charge >= 0.3 is 11.9 Å². The molecular formula is C25H26ClNO5S. The molecule has 4 aliphatic rings. The average molecular weight is 488 g/mol. The highest BCUT2D eigenvalue weighted by Gasteiger charge is 2.37. The first-order valence-electron chi connectivity index (χ1n) is 10.9. The summed E-state index contributed by atoms with van der Waals surface area (Å²) in [5.74, 6) is -0.819. The van der Waals surface area contributed by atoms with Crippen LogP contribution in [0.2, 0.25) is 5.02 Å². The normalized spacial score (nSPS) is 25.4. The fraction of sp³-hybridized carbons (Fsp3) is 0.360. The van der Waals surface area contributed by atoms with Gasteiger partial charge in [0.25, 0.3) is 0 Å². The summed E-state index contributed by atoms with van der Waals surface area (Å²) in [5.41, 5.74) is 3.93. The van der Waals surface area contributed by atoms with E-state index in [1.165, 1.54) is 47.5 Å². The summed E-state index contributed by atoms with van der Waals surface area (Å²) in [6, 6.07) is 15.0. The number of halogens is 1. The van der Waals surface area contributed by atoms with Crippen molar-refractivity contribution in [3.8, 4) is 0 Å². The number of aliphatic carboxylic acids is 2. The van der Waals surface area contributed by atoms with Gasteiger partial charge in [-0.2, -0.15) is 0 Å². The number of rotatable bonds is 4. The molecule has 2 aromatic rings. The topological polar surface area (TPSA) is 87.1 Å². The zero-order valence-corrected chi connectivity index (χ0v) is 19.6. The minimum Gasteiger partial charge on any atom is -0.478 e. The summed E-state index contributed by atoms with van der Waals surface area (Å²) in [5, 5.41) is 16.4. The predicted octanol–water partition coefficient (Wildman–Crippen LogP) is 4.86. The van der Waals surface area contributed by atoms with Crippen LogP contribution in [-0.2, 0) is 20.1 Å². The van der Waals surface area contributed by atoms with Crippen LogP contribution in [0.4, 0.5) is 0 Å². The largest absolute Gasteiger partial charge is 0.478 e. The van der Waals surface area contributed by atoms with Crippen molar-refractivity contribution in [2.75, 3.05) is 19.6 Å². The molecule has 33 heavy (non-hydrogen) atoms. The first kappa shape index (κ1) is 23.8. The summed E-state index contributed by atoms with van der Waals surface area (Å²) >= 11 is 8.25. The molecule has 6 rings (SSSR count). The van der Waals surface area contributed by atoms with E-state index in [1.807, 2.05) is 17.8 Å². The Kier molecular flexibility index (Phi) is 7.75. The van der Waals surface area contributed by atoms with Gasteiger partial charge in [0.2, 0.25) is 0 Å². The van der Waals surface area contributed by atoms with Gasteiger partial charge in [-0.15, -0.1) is 11.8 Å². The van der Waals surface area contributed by atoms with E-state index in [-0.39, 0.29) is 6.10 Å². The van der Waals surface area contributed by atoms with E-state index >= 15 is 0 Å². The van der Waals surface area contributed by atoms with Gasteiger partial charge in [-0.05, 0) is 61.2 Å². The number of thioether (sulfide) groups is 1. The Morgan fingerprint density at radius 1 is 1.03 bits per heavy atom. The molecule has 3 fully saturated rings. The van der Waals surface area contributed by atoms with Gasteiger partial charge in [-0.25, -0.2) is 9.59 Å². The molecule has 0 amide bonds. The van der Waals surface area contributed by atoms with Crippen molar-refractivity contribution in [2.24, 2.45) is 5.92 Å². The number of fused-ring (bicyclic) bond motifs is 5. The van der Waals surface area contributed by atoms with Crippen molar-refractivity contribution in [1.29, 1.82) is 0 Å². The van der Waals surface area contributed by atoms with Crippen molar-refractivity contribution >= 4 is 35.3 Å². The summed E-state index contributed by atoms with van der Waals surface area (Å²) < 4.78 is 6.84. The molecule has 3 saturated heterocycles. The Balaban J connectivity index is 0.000000281. The van der Waals surface area contributed by atoms with Crippen molar-refractivity contribution < 1.29 is 24.5 Å². The Morgan fingerprint density at radius 3 is 2.36 bits per heavy atom. The van der Waals surface area contributed by atoms with E-state index < -0.39 is 11.9 Å². The Morgan fingerprint density at radius 2 is 1.73 bits per heavy atom. The van der Waals surface area contributed by atoms with Crippen LogP contribution in [0.15, 0.2) is 59.5 Å². The molecule has 0 saturated carbocycles. The third-order valence-corrected chi connectivity index (χ3v) is 7.62. The third kappa shape index (κ3) is 5.98. The number of piperidine rings is 3. The van der Waals surface area contributed by atoms with Crippen LogP contribution in [0.5, 0.6) is 0 Å². The molecule has 6 nitrogen and oxygen atoms in total. The van der Waals surface area contributed by atoms with E-state index in [4.69, 9.17) is 26.6 Å². The lowest BCUT2D eigenvalue weighted by Gasteiger charge is -2.45. The summed E-state index contributed by atoms with van der Waals surface area (Å²) in [6.07, 6.45) is 3.98. The van der Waals surface area contributed by atoms with E-state index in [1.54, 1.807) is 0 Å². The summed E-state index contributed by atoms with van der Waals surface area (Å²) in [6.45, 7) is 3.56. The number of nitrogens with zero attached hydrogens (tertiary/aromatic N) is 1. The minimum atomic E-state index is -1.26. The van der Waals surface area contributed by atoms with Crippen LogP contribution >= 0.6 is 23.4 Å². The van der Waals surface area contributed by atoms with E-state index in [0.717, 1.165) is 17.3 Å². The van der Waals surface area contributed by atoms with Gasteiger partial charge in [0.1, 0.15) is 6.10 Å². The molecular weight excluding hydrogens is 462 g/mol. The van der Waals surface area contributed by atoms with E-state index in [9.17, 15) is 9.59 Å². The minimum absolute atomic E-state index is 0.00884. The SMILES string of the molecule is Clc1ccc2c(c1)C(OC1CN3CCC1CC3)c1ccccc1CS2.O=C(O)C=CC(=O)O. The molecule has 2 bridgehead atoms. The lowest BCUT2D eigenvalue weighted by Crippen LogP contribution is -2.51. The lowest BCUT2D eigenvalue weighted by molar-refractivity contribution is -0.134. The number of benzene rings is 2. The summed E-state index contributed by atoms with van der Waals surface area (Å²) in [4.78, 5) is 23.0. The number of carboxylic acids is 2. The highest BCUT2D eigenvalue weighted by Crippen LogP contribution is 2.44. The molecule has 2 unspecified atom stereocenters. The second-order valence-electron chi connectivity index (χ2n) is 8.37. The molecule has 0 aromatic heterocycles. The Hall–Kier alpha value is -2.32. The maximum absolute atomic E-state index is 9.55. The first-order valence-corrected chi connectivity index (χ1v) is 12.3. The fourth-order valence-electron chi connectivity index (χ4n) is 4.63. The summed E-state index contributed by atoms with van der Waals surface area (Å²) in [7, 11) is 0. The number of carbonyl (C=O) groups is 2. The van der Waals surface area contributed by atoms with Gasteiger partial charge in [0.05, 0.1) is 6.10 Å². The second-order valence-corrected chi connectivity index (χ2v) is 9.83.